The summed E-state index contributed by atoms with van der Waals surface area (Å²) in [5.74, 6) is 1.99. The number of rotatable bonds is 2. The van der Waals surface area contributed by atoms with Gasteiger partial charge in [-0.3, -0.25) is 4.79 Å². The minimum Gasteiger partial charge on any atom is -0.480 e. The molecular formula is C17H19N3O3. The summed E-state index contributed by atoms with van der Waals surface area (Å²) in [4.78, 5) is 19.2. The summed E-state index contributed by atoms with van der Waals surface area (Å²) in [6.45, 7) is 4.51. The Morgan fingerprint density at radius 2 is 2.17 bits per heavy atom. The number of amides is 1. The van der Waals surface area contributed by atoms with E-state index in [2.05, 4.69) is 10.1 Å². The van der Waals surface area contributed by atoms with E-state index in [1.807, 2.05) is 36.1 Å². The smallest absolute Gasteiger partial charge is 0.264 e. The van der Waals surface area contributed by atoms with Crippen molar-refractivity contribution in [2.24, 2.45) is 0 Å². The quantitative estimate of drug-likeness (QED) is 0.852. The van der Waals surface area contributed by atoms with Crippen molar-refractivity contribution in [3.63, 3.8) is 0 Å². The fourth-order valence-electron chi connectivity index (χ4n) is 3.54. The van der Waals surface area contributed by atoms with E-state index in [-0.39, 0.29) is 17.9 Å². The van der Waals surface area contributed by atoms with Crippen LogP contribution >= 0.6 is 0 Å². The monoisotopic (exact) mass is 313 g/mol. The first-order valence-corrected chi connectivity index (χ1v) is 8.01. The summed E-state index contributed by atoms with van der Waals surface area (Å²) < 4.78 is 11.0. The van der Waals surface area contributed by atoms with Crippen molar-refractivity contribution in [1.82, 2.24) is 15.0 Å². The van der Waals surface area contributed by atoms with Gasteiger partial charge in [0.1, 0.15) is 5.75 Å². The van der Waals surface area contributed by atoms with Gasteiger partial charge in [0, 0.05) is 24.9 Å². The fraction of sp³-hybridized carbons (Fsp3) is 0.471. The molecule has 2 aliphatic heterocycles. The van der Waals surface area contributed by atoms with E-state index in [1.54, 1.807) is 6.92 Å². The molecule has 1 amide bonds. The van der Waals surface area contributed by atoms with Crippen LogP contribution in [0.3, 0.4) is 0 Å². The predicted octanol–water partition coefficient (Wildman–Crippen LogP) is 2.61. The third kappa shape index (κ3) is 2.29. The normalized spacial score (nSPS) is 26.2. The minimum atomic E-state index is -0.471. The van der Waals surface area contributed by atoms with Gasteiger partial charge in [-0.25, -0.2) is 0 Å². The Labute approximate surface area is 134 Å². The SMILES string of the molecule is Cc1nc(C2CCCN2C(=O)C2Oc3ccccc3C2C)no1. The zero-order valence-electron chi connectivity index (χ0n) is 13.2. The summed E-state index contributed by atoms with van der Waals surface area (Å²) in [5, 5.41) is 3.99. The van der Waals surface area contributed by atoms with Gasteiger partial charge in [-0.05, 0) is 18.9 Å². The lowest BCUT2D eigenvalue weighted by Gasteiger charge is -2.26. The number of fused-ring (bicyclic) bond motifs is 1. The number of aromatic nitrogens is 2. The predicted molar refractivity (Wildman–Crippen MR) is 82.0 cm³/mol. The van der Waals surface area contributed by atoms with E-state index in [1.165, 1.54) is 0 Å². The molecule has 1 fully saturated rings. The van der Waals surface area contributed by atoms with Crippen LogP contribution in [-0.2, 0) is 4.79 Å². The topological polar surface area (TPSA) is 68.5 Å². The number of hydrogen-bond acceptors (Lipinski definition) is 5. The lowest BCUT2D eigenvalue weighted by molar-refractivity contribution is -0.139. The van der Waals surface area contributed by atoms with Gasteiger partial charge in [-0.2, -0.15) is 4.98 Å². The second-order valence-corrected chi connectivity index (χ2v) is 6.23. The minimum absolute atomic E-state index is 0.0126. The van der Waals surface area contributed by atoms with Crippen LogP contribution < -0.4 is 4.74 Å². The van der Waals surface area contributed by atoms with Crippen molar-refractivity contribution in [3.8, 4) is 5.75 Å². The van der Waals surface area contributed by atoms with Gasteiger partial charge < -0.3 is 14.2 Å². The molecule has 2 aromatic rings. The van der Waals surface area contributed by atoms with Crippen LogP contribution in [-0.4, -0.2) is 33.6 Å². The average molecular weight is 313 g/mol. The van der Waals surface area contributed by atoms with Gasteiger partial charge >= 0.3 is 0 Å². The molecule has 6 heteroatoms. The maximum atomic E-state index is 13.0. The molecule has 120 valence electrons. The molecule has 3 heterocycles. The van der Waals surface area contributed by atoms with Gasteiger partial charge in [0.15, 0.2) is 11.9 Å². The molecule has 1 aromatic heterocycles. The highest BCUT2D eigenvalue weighted by molar-refractivity contribution is 5.84. The average Bonchev–Trinajstić information content (AvgIpc) is 3.26. The van der Waals surface area contributed by atoms with Crippen LogP contribution in [0.1, 0.15) is 49.0 Å². The molecule has 3 atom stereocenters. The van der Waals surface area contributed by atoms with Gasteiger partial charge in [-0.15, -0.1) is 0 Å². The highest BCUT2D eigenvalue weighted by Crippen LogP contribution is 2.40. The van der Waals surface area contributed by atoms with Gasteiger partial charge in [0.25, 0.3) is 5.91 Å². The van der Waals surface area contributed by atoms with E-state index in [0.717, 1.165) is 24.2 Å². The number of nitrogens with zero attached hydrogens (tertiary/aromatic N) is 3. The number of carbonyl (C=O) groups excluding carboxylic acids is 1. The van der Waals surface area contributed by atoms with Crippen LogP contribution in [0.2, 0.25) is 0 Å². The third-order valence-corrected chi connectivity index (χ3v) is 4.74. The Balaban J connectivity index is 1.57. The van der Waals surface area contributed by atoms with Crippen molar-refractivity contribution >= 4 is 5.91 Å². The van der Waals surface area contributed by atoms with Crippen LogP contribution in [0.5, 0.6) is 5.75 Å². The summed E-state index contributed by atoms with van der Waals surface area (Å²) >= 11 is 0. The van der Waals surface area contributed by atoms with E-state index in [9.17, 15) is 4.79 Å². The number of benzene rings is 1. The molecule has 0 aliphatic carbocycles. The van der Waals surface area contributed by atoms with Gasteiger partial charge in [-0.1, -0.05) is 30.3 Å². The molecule has 6 nitrogen and oxygen atoms in total. The zero-order chi connectivity index (χ0) is 16.0. The standard InChI is InChI=1S/C17H19N3O3/c1-10-12-6-3-4-8-14(12)22-15(10)17(21)20-9-5-7-13(20)16-18-11(2)23-19-16/h3-4,6,8,10,13,15H,5,7,9H2,1-2H3. The van der Waals surface area contributed by atoms with Gasteiger partial charge in [0.2, 0.25) is 5.89 Å². The first kappa shape index (κ1) is 14.2. The lowest BCUT2D eigenvalue weighted by atomic mass is 9.96. The largest absolute Gasteiger partial charge is 0.480 e. The molecule has 1 aromatic carbocycles. The van der Waals surface area contributed by atoms with Crippen molar-refractivity contribution < 1.29 is 14.1 Å². The van der Waals surface area contributed by atoms with Crippen LogP contribution in [0.4, 0.5) is 0 Å². The number of carbonyl (C=O) groups is 1. The molecule has 0 saturated carbocycles. The second kappa shape index (κ2) is 5.37. The molecule has 1 saturated heterocycles. The molecule has 3 unspecified atom stereocenters. The van der Waals surface area contributed by atoms with Crippen molar-refractivity contribution in [1.29, 1.82) is 0 Å². The lowest BCUT2D eigenvalue weighted by Crippen LogP contribution is -2.42. The maximum Gasteiger partial charge on any atom is 0.264 e. The van der Waals surface area contributed by atoms with E-state index in [0.29, 0.717) is 18.3 Å². The van der Waals surface area contributed by atoms with Gasteiger partial charge in [0.05, 0.1) is 6.04 Å². The first-order valence-electron chi connectivity index (χ1n) is 8.01. The number of para-hydroxylation sites is 1. The molecule has 4 rings (SSSR count). The second-order valence-electron chi connectivity index (χ2n) is 6.23. The van der Waals surface area contributed by atoms with Crippen molar-refractivity contribution in [2.45, 2.75) is 44.8 Å². The van der Waals surface area contributed by atoms with E-state index >= 15 is 0 Å². The molecule has 0 radical (unpaired) electrons. The first-order chi connectivity index (χ1) is 11.1. The zero-order valence-corrected chi connectivity index (χ0v) is 13.2. The Hall–Kier alpha value is -2.37. The number of likely N-dealkylation sites (tertiary alicyclic amines) is 1. The molecular weight excluding hydrogens is 294 g/mol. The van der Waals surface area contributed by atoms with Crippen LogP contribution in [0, 0.1) is 6.92 Å². The molecule has 23 heavy (non-hydrogen) atoms. The third-order valence-electron chi connectivity index (χ3n) is 4.74. The van der Waals surface area contributed by atoms with Crippen molar-refractivity contribution in [3.05, 3.63) is 41.5 Å². The maximum absolute atomic E-state index is 13.0. The van der Waals surface area contributed by atoms with Crippen LogP contribution in [0.25, 0.3) is 0 Å². The molecule has 0 spiro atoms. The summed E-state index contributed by atoms with van der Waals surface area (Å²) in [7, 11) is 0. The fourth-order valence-corrected chi connectivity index (χ4v) is 3.54. The highest BCUT2D eigenvalue weighted by Gasteiger charge is 2.43. The Bertz CT molecular complexity index is 742. The van der Waals surface area contributed by atoms with E-state index < -0.39 is 6.10 Å². The molecule has 0 N–H and O–H groups in total. The number of ether oxygens (including phenoxy) is 1. The summed E-state index contributed by atoms with van der Waals surface area (Å²) in [5.41, 5.74) is 1.09. The Kier molecular flexibility index (Phi) is 3.32. The number of hydrogen-bond donors (Lipinski definition) is 0. The Morgan fingerprint density at radius 1 is 1.35 bits per heavy atom. The van der Waals surface area contributed by atoms with Crippen LogP contribution in [0.15, 0.2) is 28.8 Å². The highest BCUT2D eigenvalue weighted by atomic mass is 16.5. The Morgan fingerprint density at radius 3 is 2.91 bits per heavy atom. The summed E-state index contributed by atoms with van der Waals surface area (Å²) in [6, 6.07) is 7.74. The van der Waals surface area contributed by atoms with Crippen molar-refractivity contribution in [2.75, 3.05) is 6.54 Å². The molecule has 0 bridgehead atoms. The summed E-state index contributed by atoms with van der Waals surface area (Å²) in [6.07, 6.45) is 1.33. The number of aryl methyl sites for hydroxylation is 1. The van der Waals surface area contributed by atoms with E-state index in [4.69, 9.17) is 9.26 Å². The molecule has 2 aliphatic rings.